The summed E-state index contributed by atoms with van der Waals surface area (Å²) < 4.78 is 12.7. The molecule has 2 aliphatic heterocycles. The Hall–Kier alpha value is -2.31. The van der Waals surface area contributed by atoms with Crippen LogP contribution in [0.4, 0.5) is 4.79 Å². The van der Waals surface area contributed by atoms with Crippen LogP contribution in [0.3, 0.4) is 0 Å². The van der Waals surface area contributed by atoms with Crippen molar-refractivity contribution in [2.75, 3.05) is 6.54 Å². The largest absolute Gasteiger partial charge is 0.444 e. The molecule has 0 atom stereocenters. The van der Waals surface area contributed by atoms with E-state index < -0.39 is 5.60 Å². The topological polar surface area (TPSA) is 73.4 Å². The third kappa shape index (κ3) is 2.57. The van der Waals surface area contributed by atoms with Gasteiger partial charge in [-0.2, -0.15) is 5.10 Å². The van der Waals surface area contributed by atoms with Crippen LogP contribution in [0.15, 0.2) is 10.8 Å². The maximum absolute atomic E-state index is 12.4. The number of hydrogen-bond acceptors (Lipinski definition) is 5. The number of nitrogens with zero attached hydrogens (tertiary/aromatic N) is 4. The van der Waals surface area contributed by atoms with Gasteiger partial charge in [-0.15, -0.1) is 0 Å². The lowest BCUT2D eigenvalue weighted by molar-refractivity contribution is 0.0224. The van der Waals surface area contributed by atoms with E-state index in [9.17, 15) is 4.79 Å². The minimum atomic E-state index is -0.493. The van der Waals surface area contributed by atoms with Crippen LogP contribution in [-0.2, 0) is 30.7 Å². The van der Waals surface area contributed by atoms with Crippen LogP contribution in [0, 0.1) is 0 Å². The van der Waals surface area contributed by atoms with Gasteiger partial charge in [-0.05, 0) is 33.6 Å². The van der Waals surface area contributed by atoms with Crippen molar-refractivity contribution in [1.82, 2.24) is 19.8 Å². The minimum Gasteiger partial charge on any atom is -0.444 e. The van der Waals surface area contributed by atoms with Crippen molar-refractivity contribution in [2.45, 2.75) is 58.7 Å². The number of aryl methyl sites for hydroxylation is 2. The van der Waals surface area contributed by atoms with Gasteiger partial charge >= 0.3 is 6.09 Å². The predicted molar refractivity (Wildman–Crippen MR) is 86.4 cm³/mol. The number of carbonyl (C=O) groups is 1. The summed E-state index contributed by atoms with van der Waals surface area (Å²) in [6.07, 6.45) is 4.13. The summed E-state index contributed by atoms with van der Waals surface area (Å²) in [6.45, 7) is 7.65. The number of amides is 1. The van der Waals surface area contributed by atoms with Crippen molar-refractivity contribution < 1.29 is 14.1 Å². The second-order valence-corrected chi connectivity index (χ2v) is 7.44. The standard InChI is InChI=1S/C17H22N4O3/c1-17(2,3)24-16(22)20-8-6-13-12(9-20)15-14-11(10-23-19-14)5-4-7-21(15)18-13/h10H,4-9H2,1-3H3. The molecule has 0 N–H and O–H groups in total. The summed E-state index contributed by atoms with van der Waals surface area (Å²) in [5, 5.41) is 8.95. The van der Waals surface area contributed by atoms with Crippen molar-refractivity contribution in [3.05, 3.63) is 23.1 Å². The summed E-state index contributed by atoms with van der Waals surface area (Å²) in [5.41, 5.74) is 4.62. The Morgan fingerprint density at radius 3 is 2.92 bits per heavy atom. The Morgan fingerprint density at radius 1 is 1.29 bits per heavy atom. The molecule has 0 saturated carbocycles. The van der Waals surface area contributed by atoms with Gasteiger partial charge in [0.15, 0.2) is 0 Å². The van der Waals surface area contributed by atoms with Crippen molar-refractivity contribution in [1.29, 1.82) is 0 Å². The highest BCUT2D eigenvalue weighted by atomic mass is 16.6. The molecule has 24 heavy (non-hydrogen) atoms. The zero-order valence-electron chi connectivity index (χ0n) is 14.3. The molecule has 0 fully saturated rings. The first-order valence-corrected chi connectivity index (χ1v) is 8.42. The molecule has 0 unspecified atom stereocenters. The van der Waals surface area contributed by atoms with Crippen LogP contribution in [0.2, 0.25) is 0 Å². The van der Waals surface area contributed by atoms with E-state index >= 15 is 0 Å². The fraction of sp³-hybridized carbons (Fsp3) is 0.588. The summed E-state index contributed by atoms with van der Waals surface area (Å²) in [6, 6.07) is 0. The molecule has 2 aromatic rings. The number of ether oxygens (including phenoxy) is 1. The number of aromatic nitrogens is 3. The van der Waals surface area contributed by atoms with Crippen molar-refractivity contribution >= 4 is 6.09 Å². The van der Waals surface area contributed by atoms with Crippen molar-refractivity contribution in [2.24, 2.45) is 0 Å². The zero-order valence-corrected chi connectivity index (χ0v) is 14.3. The molecule has 7 nitrogen and oxygen atoms in total. The van der Waals surface area contributed by atoms with Gasteiger partial charge < -0.3 is 14.2 Å². The maximum Gasteiger partial charge on any atom is 0.410 e. The van der Waals surface area contributed by atoms with Gasteiger partial charge in [0.25, 0.3) is 0 Å². The summed E-state index contributed by atoms with van der Waals surface area (Å²) in [5.74, 6) is 0. The van der Waals surface area contributed by atoms with Crippen molar-refractivity contribution in [3.8, 4) is 11.4 Å². The first-order valence-electron chi connectivity index (χ1n) is 8.42. The van der Waals surface area contributed by atoms with E-state index in [2.05, 4.69) is 5.16 Å². The molecular formula is C17H22N4O3. The van der Waals surface area contributed by atoms with Gasteiger partial charge in [0, 0.05) is 30.6 Å². The van der Waals surface area contributed by atoms with Gasteiger partial charge in [0.1, 0.15) is 17.6 Å². The van der Waals surface area contributed by atoms with E-state index in [-0.39, 0.29) is 6.09 Å². The molecule has 128 valence electrons. The molecule has 0 aromatic carbocycles. The second kappa shape index (κ2) is 5.36. The predicted octanol–water partition coefficient (Wildman–Crippen LogP) is 2.78. The molecule has 0 aliphatic carbocycles. The average molecular weight is 330 g/mol. The van der Waals surface area contributed by atoms with E-state index in [0.717, 1.165) is 54.0 Å². The maximum atomic E-state index is 12.4. The lowest BCUT2D eigenvalue weighted by atomic mass is 10.0. The Kier molecular flexibility index (Phi) is 3.40. The molecule has 2 aromatic heterocycles. The highest BCUT2D eigenvalue weighted by Gasteiger charge is 2.32. The highest BCUT2D eigenvalue weighted by molar-refractivity contribution is 5.71. The average Bonchev–Trinajstić information content (AvgIpc) is 3.05. The van der Waals surface area contributed by atoms with E-state index in [1.54, 1.807) is 11.2 Å². The molecule has 7 heteroatoms. The van der Waals surface area contributed by atoms with Crippen LogP contribution < -0.4 is 0 Å². The quantitative estimate of drug-likeness (QED) is 0.742. The number of carbonyl (C=O) groups excluding carboxylic acids is 1. The van der Waals surface area contributed by atoms with Crippen LogP contribution >= 0.6 is 0 Å². The summed E-state index contributed by atoms with van der Waals surface area (Å²) in [7, 11) is 0. The fourth-order valence-corrected chi connectivity index (χ4v) is 3.38. The van der Waals surface area contributed by atoms with Crippen molar-refractivity contribution in [3.63, 3.8) is 0 Å². The van der Waals surface area contributed by atoms with Crippen LogP contribution in [0.25, 0.3) is 11.4 Å². The Labute approximate surface area is 140 Å². The summed E-state index contributed by atoms with van der Waals surface area (Å²) in [4.78, 5) is 14.2. The molecule has 1 amide bonds. The lowest BCUT2D eigenvalue weighted by Gasteiger charge is -2.29. The smallest absolute Gasteiger partial charge is 0.410 e. The normalized spacial score (nSPS) is 16.9. The van der Waals surface area contributed by atoms with Gasteiger partial charge in [-0.3, -0.25) is 4.68 Å². The third-order valence-electron chi connectivity index (χ3n) is 4.44. The third-order valence-corrected chi connectivity index (χ3v) is 4.44. The Morgan fingerprint density at radius 2 is 2.12 bits per heavy atom. The molecule has 2 aliphatic rings. The van der Waals surface area contributed by atoms with E-state index in [1.165, 1.54) is 0 Å². The first-order chi connectivity index (χ1) is 11.4. The summed E-state index contributed by atoms with van der Waals surface area (Å²) >= 11 is 0. The van der Waals surface area contributed by atoms with E-state index in [4.69, 9.17) is 14.4 Å². The van der Waals surface area contributed by atoms with Gasteiger partial charge in [0.05, 0.1) is 17.9 Å². The molecule has 0 bridgehead atoms. The molecular weight excluding hydrogens is 308 g/mol. The number of hydrogen-bond donors (Lipinski definition) is 0. The van der Waals surface area contributed by atoms with Crippen LogP contribution in [-0.4, -0.2) is 38.1 Å². The number of fused-ring (bicyclic) bond motifs is 5. The zero-order chi connectivity index (χ0) is 16.9. The molecule has 4 rings (SSSR count). The Bertz CT molecular complexity index is 784. The molecule has 0 saturated heterocycles. The Balaban J connectivity index is 1.68. The SMILES string of the molecule is CC(C)(C)OC(=O)N1CCc2nn3c(c2C1)-c1nocc1CCC3. The second-order valence-electron chi connectivity index (χ2n) is 7.44. The fourth-order valence-electron chi connectivity index (χ4n) is 3.38. The number of rotatable bonds is 0. The van der Waals surface area contributed by atoms with Gasteiger partial charge in [-0.25, -0.2) is 4.79 Å². The highest BCUT2D eigenvalue weighted by Crippen LogP contribution is 2.34. The molecule has 4 heterocycles. The molecule has 0 spiro atoms. The van der Waals surface area contributed by atoms with E-state index in [1.807, 2.05) is 25.5 Å². The minimum absolute atomic E-state index is 0.276. The van der Waals surface area contributed by atoms with Gasteiger partial charge in [-0.1, -0.05) is 5.16 Å². The lowest BCUT2D eigenvalue weighted by Crippen LogP contribution is -2.39. The van der Waals surface area contributed by atoms with E-state index in [0.29, 0.717) is 13.1 Å². The monoisotopic (exact) mass is 330 g/mol. The molecule has 0 radical (unpaired) electrons. The van der Waals surface area contributed by atoms with Gasteiger partial charge in [0.2, 0.25) is 0 Å². The van der Waals surface area contributed by atoms with Crippen LogP contribution in [0.5, 0.6) is 0 Å². The van der Waals surface area contributed by atoms with Crippen LogP contribution in [0.1, 0.15) is 44.0 Å². The first kappa shape index (κ1) is 15.2.